The summed E-state index contributed by atoms with van der Waals surface area (Å²) in [4.78, 5) is 16.7. The van der Waals surface area contributed by atoms with E-state index in [4.69, 9.17) is 4.74 Å². The maximum absolute atomic E-state index is 12.6. The van der Waals surface area contributed by atoms with Gasteiger partial charge < -0.3 is 14.6 Å². The van der Waals surface area contributed by atoms with Crippen molar-refractivity contribution in [3.8, 4) is 5.75 Å². The van der Waals surface area contributed by atoms with Crippen molar-refractivity contribution >= 4 is 11.6 Å². The van der Waals surface area contributed by atoms with E-state index in [2.05, 4.69) is 25.8 Å². The summed E-state index contributed by atoms with van der Waals surface area (Å²) in [7, 11) is 0. The van der Waals surface area contributed by atoms with E-state index in [-0.39, 0.29) is 18.6 Å². The number of rotatable bonds is 8. The molecule has 2 heterocycles. The Balaban J connectivity index is 1.35. The van der Waals surface area contributed by atoms with Crippen LogP contribution in [-0.4, -0.2) is 35.7 Å². The van der Waals surface area contributed by atoms with Crippen molar-refractivity contribution in [1.29, 1.82) is 0 Å². The van der Waals surface area contributed by atoms with Crippen LogP contribution in [0.3, 0.4) is 0 Å². The van der Waals surface area contributed by atoms with Crippen molar-refractivity contribution < 1.29 is 9.53 Å². The second-order valence-corrected chi connectivity index (χ2v) is 7.34. The summed E-state index contributed by atoms with van der Waals surface area (Å²) in [6.07, 6.45) is 5.40. The minimum Gasteiger partial charge on any atom is -0.486 e. The zero-order valence-electron chi connectivity index (χ0n) is 17.3. The molecular weight excluding hydrogens is 394 g/mol. The molecule has 0 aliphatic carbocycles. The first-order chi connectivity index (χ1) is 15.1. The van der Waals surface area contributed by atoms with Crippen LogP contribution in [0.5, 0.6) is 5.75 Å². The number of hydrogen-bond donors (Lipinski definition) is 1. The van der Waals surface area contributed by atoms with Crippen molar-refractivity contribution in [3.05, 3.63) is 84.2 Å². The number of nitrogens with one attached hydrogen (secondary N) is 1. The normalized spacial score (nSPS) is 10.9. The Kier molecular flexibility index (Phi) is 6.02. The van der Waals surface area contributed by atoms with E-state index in [1.54, 1.807) is 41.5 Å². The van der Waals surface area contributed by atoms with Crippen molar-refractivity contribution in [2.75, 3.05) is 5.32 Å². The maximum atomic E-state index is 12.6. The molecule has 4 aromatic rings. The van der Waals surface area contributed by atoms with E-state index >= 15 is 0 Å². The van der Waals surface area contributed by atoms with Gasteiger partial charge in [-0.1, -0.05) is 12.1 Å². The zero-order valence-corrected chi connectivity index (χ0v) is 17.3. The smallest absolute Gasteiger partial charge is 0.255 e. The molecule has 1 amide bonds. The molecule has 9 nitrogen and oxygen atoms in total. The molecule has 9 heteroatoms. The Morgan fingerprint density at radius 1 is 1.16 bits per heavy atom. The summed E-state index contributed by atoms with van der Waals surface area (Å²) in [6, 6.07) is 14.9. The third-order valence-electron chi connectivity index (χ3n) is 4.64. The zero-order chi connectivity index (χ0) is 21.6. The van der Waals surface area contributed by atoms with Crippen LogP contribution in [0.2, 0.25) is 0 Å². The first-order valence-electron chi connectivity index (χ1n) is 9.94. The Morgan fingerprint density at radius 2 is 2.00 bits per heavy atom. The number of imidazole rings is 1. The number of hydrogen-bond acceptors (Lipinski definition) is 6. The monoisotopic (exact) mass is 417 g/mol. The molecule has 0 saturated carbocycles. The molecular formula is C22H23N7O2. The Bertz CT molecular complexity index is 1130. The summed E-state index contributed by atoms with van der Waals surface area (Å²) in [5.41, 5.74) is 2.35. The topological polar surface area (TPSA) is 99.8 Å². The molecule has 0 spiro atoms. The van der Waals surface area contributed by atoms with E-state index < -0.39 is 0 Å². The highest BCUT2D eigenvalue weighted by Crippen LogP contribution is 2.17. The number of carbonyl (C=O) groups excluding carboxylic acids is 1. The third kappa shape index (κ3) is 5.13. The predicted octanol–water partition coefficient (Wildman–Crippen LogP) is 3.33. The number of nitrogens with zero attached hydrogens (tertiary/aromatic N) is 6. The molecule has 31 heavy (non-hydrogen) atoms. The molecule has 0 aliphatic heterocycles. The number of ether oxygens (including phenoxy) is 1. The molecule has 158 valence electrons. The van der Waals surface area contributed by atoms with Crippen LogP contribution in [0, 0.1) is 0 Å². The molecule has 0 aliphatic rings. The molecule has 1 N–H and O–H groups in total. The summed E-state index contributed by atoms with van der Waals surface area (Å²) in [5.74, 6) is 1.10. The second-order valence-electron chi connectivity index (χ2n) is 7.34. The highest BCUT2D eigenvalue weighted by Gasteiger charge is 2.11. The lowest BCUT2D eigenvalue weighted by Gasteiger charge is -2.10. The van der Waals surface area contributed by atoms with Gasteiger partial charge in [-0.3, -0.25) is 4.79 Å². The standard InChI is InChI=1S/C22H23N7O2/c1-16(2)29-21(25-26-27-29)14-31-20-8-6-18(7-9-20)22(30)24-19-5-3-4-17(12-19)13-28-11-10-23-15-28/h3-12,15-16H,13-14H2,1-2H3,(H,24,30). The number of amides is 1. The number of aromatic nitrogens is 6. The van der Waals surface area contributed by atoms with Gasteiger partial charge in [-0.2, -0.15) is 0 Å². The molecule has 0 fully saturated rings. The maximum Gasteiger partial charge on any atom is 0.255 e. The minimum atomic E-state index is -0.185. The van der Waals surface area contributed by atoms with Gasteiger partial charge in [0, 0.05) is 30.2 Å². The number of carbonyl (C=O) groups is 1. The fourth-order valence-electron chi connectivity index (χ4n) is 3.10. The lowest BCUT2D eigenvalue weighted by molar-refractivity contribution is 0.102. The SMILES string of the molecule is CC(C)n1nnnc1COc1ccc(C(=O)Nc2cccc(Cn3ccnc3)c2)cc1. The average Bonchev–Trinajstić information content (AvgIpc) is 3.45. The van der Waals surface area contributed by atoms with E-state index in [0.717, 1.165) is 11.3 Å². The van der Waals surface area contributed by atoms with Crippen molar-refractivity contribution in [1.82, 2.24) is 29.8 Å². The Labute approximate surface area is 179 Å². The second kappa shape index (κ2) is 9.21. The van der Waals surface area contributed by atoms with Gasteiger partial charge in [-0.15, -0.1) is 5.10 Å². The quantitative estimate of drug-likeness (QED) is 0.472. The first-order valence-corrected chi connectivity index (χ1v) is 9.94. The van der Waals surface area contributed by atoms with Gasteiger partial charge in [0.25, 0.3) is 5.91 Å². The molecule has 0 bridgehead atoms. The highest BCUT2D eigenvalue weighted by atomic mass is 16.5. The molecule has 0 saturated heterocycles. The molecule has 0 unspecified atom stereocenters. The summed E-state index contributed by atoms with van der Waals surface area (Å²) >= 11 is 0. The number of tetrazole rings is 1. The number of benzene rings is 2. The summed E-state index contributed by atoms with van der Waals surface area (Å²) in [5, 5.41) is 14.6. The van der Waals surface area contributed by atoms with Gasteiger partial charge in [0.1, 0.15) is 12.4 Å². The molecule has 0 atom stereocenters. The lowest BCUT2D eigenvalue weighted by atomic mass is 10.1. The highest BCUT2D eigenvalue weighted by molar-refractivity contribution is 6.04. The Hall–Kier alpha value is -4.01. The first kappa shape index (κ1) is 20.3. The Morgan fingerprint density at radius 3 is 2.74 bits per heavy atom. The van der Waals surface area contributed by atoms with Crippen LogP contribution >= 0.6 is 0 Å². The fourth-order valence-corrected chi connectivity index (χ4v) is 3.10. The summed E-state index contributed by atoms with van der Waals surface area (Å²) in [6.45, 7) is 4.94. The van der Waals surface area contributed by atoms with E-state index in [1.165, 1.54) is 0 Å². The molecule has 4 rings (SSSR count). The minimum absolute atomic E-state index is 0.151. The van der Waals surface area contributed by atoms with Crippen LogP contribution in [0.15, 0.2) is 67.3 Å². The van der Waals surface area contributed by atoms with E-state index in [0.29, 0.717) is 23.7 Å². The molecule has 2 aromatic heterocycles. The molecule has 0 radical (unpaired) electrons. The van der Waals surface area contributed by atoms with Gasteiger partial charge >= 0.3 is 0 Å². The van der Waals surface area contributed by atoms with Gasteiger partial charge in [0.05, 0.1) is 12.4 Å². The number of anilines is 1. The fraction of sp³-hybridized carbons (Fsp3) is 0.227. The van der Waals surface area contributed by atoms with E-state index in [9.17, 15) is 4.79 Å². The van der Waals surface area contributed by atoms with Gasteiger partial charge in [-0.25, -0.2) is 9.67 Å². The lowest BCUT2D eigenvalue weighted by Crippen LogP contribution is -2.12. The summed E-state index contributed by atoms with van der Waals surface area (Å²) < 4.78 is 9.44. The van der Waals surface area contributed by atoms with Gasteiger partial charge in [0.2, 0.25) is 0 Å². The van der Waals surface area contributed by atoms with Crippen molar-refractivity contribution in [2.24, 2.45) is 0 Å². The van der Waals surface area contributed by atoms with E-state index in [1.807, 2.05) is 48.9 Å². The molecule has 2 aromatic carbocycles. The van der Waals surface area contributed by atoms with Crippen LogP contribution in [-0.2, 0) is 13.2 Å². The van der Waals surface area contributed by atoms with Crippen LogP contribution in [0.4, 0.5) is 5.69 Å². The average molecular weight is 417 g/mol. The van der Waals surface area contributed by atoms with Crippen LogP contribution in [0.1, 0.15) is 41.6 Å². The van der Waals surface area contributed by atoms with Crippen LogP contribution in [0.25, 0.3) is 0 Å². The van der Waals surface area contributed by atoms with Crippen molar-refractivity contribution in [3.63, 3.8) is 0 Å². The third-order valence-corrected chi connectivity index (χ3v) is 4.64. The van der Waals surface area contributed by atoms with Gasteiger partial charge in [0.15, 0.2) is 5.82 Å². The largest absolute Gasteiger partial charge is 0.486 e. The van der Waals surface area contributed by atoms with Crippen molar-refractivity contribution in [2.45, 2.75) is 33.0 Å². The van der Waals surface area contributed by atoms with Gasteiger partial charge in [-0.05, 0) is 66.2 Å². The predicted molar refractivity (Wildman–Crippen MR) is 115 cm³/mol. The van der Waals surface area contributed by atoms with Crippen LogP contribution < -0.4 is 10.1 Å².